The Balaban J connectivity index is 3.38. The summed E-state index contributed by atoms with van der Waals surface area (Å²) in [5.41, 5.74) is 1.90. The van der Waals surface area contributed by atoms with E-state index in [1.54, 1.807) is 12.9 Å². The lowest BCUT2D eigenvalue weighted by Crippen LogP contribution is -2.17. The molecule has 0 aromatic carbocycles. The number of carbonyl (C=O) groups excluding carboxylic acids is 1. The fourth-order valence-corrected chi connectivity index (χ4v) is 0.237. The fourth-order valence-electron chi connectivity index (χ4n) is 0.237. The van der Waals surface area contributed by atoms with Crippen molar-refractivity contribution in [3.05, 3.63) is 0 Å². The number of nitrogens with zero attached hydrogens (tertiary/aromatic N) is 1. The van der Waals surface area contributed by atoms with Crippen LogP contribution in [0.1, 0.15) is 6.92 Å². The van der Waals surface area contributed by atoms with Crippen LogP contribution in [0.25, 0.3) is 0 Å². The lowest BCUT2D eigenvalue weighted by molar-refractivity contribution is 0.152. The summed E-state index contributed by atoms with van der Waals surface area (Å²) in [6.45, 7) is 1.97. The maximum atomic E-state index is 10.3. The topological polar surface area (TPSA) is 74.5 Å². The minimum atomic E-state index is -0.669. The van der Waals surface area contributed by atoms with Crippen molar-refractivity contribution in [2.45, 2.75) is 6.92 Å². The third-order valence-electron chi connectivity index (χ3n) is 0.479. The van der Waals surface area contributed by atoms with Crippen molar-refractivity contribution in [3.63, 3.8) is 0 Å². The van der Waals surface area contributed by atoms with Crippen molar-refractivity contribution in [3.8, 4) is 0 Å². The van der Waals surface area contributed by atoms with Gasteiger partial charge in [-0.05, 0) is 6.92 Å². The van der Waals surface area contributed by atoms with Crippen molar-refractivity contribution in [2.75, 3.05) is 6.61 Å². The Bertz CT molecular complexity index is 139. The molecule has 0 aliphatic carbocycles. The number of carbonyl (C=O) groups is 1. The Morgan fingerprint density at radius 3 is 3.11 bits per heavy atom. The summed E-state index contributed by atoms with van der Waals surface area (Å²) in [5.74, 6) is 0. The van der Waals surface area contributed by atoms with Gasteiger partial charge in [-0.25, -0.2) is 15.6 Å². The van der Waals surface area contributed by atoms with Crippen LogP contribution >= 0.6 is 0 Å². The summed E-state index contributed by atoms with van der Waals surface area (Å²) in [6.07, 6.45) is -0.669. The second kappa shape index (κ2) is 4.80. The number of hydrazone groups is 1. The summed E-state index contributed by atoms with van der Waals surface area (Å²) in [6, 6.07) is 1.62. The molecule has 50 valence electrons. The molecular weight excluding hydrogens is 122 g/mol. The molecule has 0 radical (unpaired) electrons. The first-order valence-electron chi connectivity index (χ1n) is 2.35. The van der Waals surface area contributed by atoms with Crippen LogP contribution in [-0.4, -0.2) is 18.7 Å². The Morgan fingerprint density at radius 2 is 2.67 bits per heavy atom. The highest BCUT2D eigenvalue weighted by atomic mass is 16.5. The maximum absolute atomic E-state index is 10.3. The molecule has 0 aliphatic rings. The molecule has 5 heteroatoms. The van der Waals surface area contributed by atoms with Crippen molar-refractivity contribution in [1.82, 2.24) is 5.43 Å². The molecule has 0 spiro atoms. The molecule has 0 rings (SSSR count). The summed E-state index contributed by atoms with van der Waals surface area (Å²) < 4.78 is 4.38. The van der Waals surface area contributed by atoms with Crippen molar-refractivity contribution in [2.24, 2.45) is 5.10 Å². The molecule has 0 aromatic heterocycles. The average molecular weight is 129 g/mol. The van der Waals surface area contributed by atoms with Gasteiger partial charge in [0.05, 0.1) is 6.61 Å². The highest BCUT2D eigenvalue weighted by Gasteiger charge is 1.93. The number of amides is 1. The number of hydrogen-bond donors (Lipinski definition) is 2. The Kier molecular flexibility index (Phi) is 4.08. The SMILES string of the molecule is CCOC(=O)NN=C=N. The minimum Gasteiger partial charge on any atom is -0.449 e. The highest BCUT2D eigenvalue weighted by Crippen LogP contribution is 1.73. The monoisotopic (exact) mass is 129 g/mol. The molecule has 0 aliphatic heterocycles. The largest absolute Gasteiger partial charge is 0.449 e. The smallest absolute Gasteiger partial charge is 0.428 e. The molecule has 0 atom stereocenters. The molecule has 0 aromatic rings. The van der Waals surface area contributed by atoms with Gasteiger partial charge in [0.15, 0.2) is 0 Å². The standard InChI is InChI=1S/C4H7N3O2/c1-2-9-4(8)7-6-3-5/h5H,2H2,1H3,(H,7,8). The van der Waals surface area contributed by atoms with Gasteiger partial charge in [0, 0.05) is 0 Å². The molecule has 0 saturated heterocycles. The second-order valence-electron chi connectivity index (χ2n) is 1.06. The van der Waals surface area contributed by atoms with Crippen LogP contribution in [0.15, 0.2) is 5.10 Å². The van der Waals surface area contributed by atoms with Crippen LogP contribution in [0.3, 0.4) is 0 Å². The number of ether oxygens (including phenoxy) is 1. The van der Waals surface area contributed by atoms with Gasteiger partial charge < -0.3 is 4.74 Å². The Labute approximate surface area is 52.2 Å². The van der Waals surface area contributed by atoms with Gasteiger partial charge >= 0.3 is 6.09 Å². The zero-order chi connectivity index (χ0) is 7.11. The van der Waals surface area contributed by atoms with E-state index in [2.05, 4.69) is 9.84 Å². The van der Waals surface area contributed by atoms with Gasteiger partial charge in [-0.3, -0.25) is 0 Å². The van der Waals surface area contributed by atoms with E-state index >= 15 is 0 Å². The summed E-state index contributed by atoms with van der Waals surface area (Å²) in [5, 5.41) is 9.22. The second-order valence-corrected chi connectivity index (χ2v) is 1.06. The predicted octanol–water partition coefficient (Wildman–Crippen LogP) is 0.400. The normalized spacial score (nSPS) is 7.22. The molecule has 0 bridgehead atoms. The van der Waals surface area contributed by atoms with Gasteiger partial charge in [0.1, 0.15) is 6.01 Å². The van der Waals surface area contributed by atoms with Crippen LogP contribution in [0, 0.1) is 5.41 Å². The van der Waals surface area contributed by atoms with E-state index in [9.17, 15) is 4.79 Å². The van der Waals surface area contributed by atoms with Crippen LogP contribution in [0.2, 0.25) is 0 Å². The molecule has 0 unspecified atom stereocenters. The van der Waals surface area contributed by atoms with Gasteiger partial charge in [-0.1, -0.05) is 0 Å². The molecule has 1 amide bonds. The van der Waals surface area contributed by atoms with Crippen LogP contribution in [0.4, 0.5) is 4.79 Å². The van der Waals surface area contributed by atoms with E-state index < -0.39 is 6.09 Å². The van der Waals surface area contributed by atoms with Gasteiger partial charge in [-0.2, -0.15) is 0 Å². The van der Waals surface area contributed by atoms with E-state index in [0.29, 0.717) is 6.61 Å². The molecule has 0 heterocycles. The van der Waals surface area contributed by atoms with E-state index in [-0.39, 0.29) is 0 Å². The van der Waals surface area contributed by atoms with Crippen LogP contribution < -0.4 is 5.43 Å². The van der Waals surface area contributed by atoms with Crippen molar-refractivity contribution >= 4 is 12.1 Å². The quantitative estimate of drug-likeness (QED) is 0.418. The lowest BCUT2D eigenvalue weighted by atomic mass is 10.9. The van der Waals surface area contributed by atoms with Gasteiger partial charge in [-0.15, -0.1) is 5.10 Å². The summed E-state index contributed by atoms with van der Waals surface area (Å²) >= 11 is 0. The van der Waals surface area contributed by atoms with E-state index in [1.165, 1.54) is 0 Å². The Hall–Kier alpha value is -1.35. The number of hydrogen-bond acceptors (Lipinski definition) is 4. The summed E-state index contributed by atoms with van der Waals surface area (Å²) in [7, 11) is 0. The molecule has 0 saturated carbocycles. The zero-order valence-corrected chi connectivity index (χ0v) is 4.97. The maximum Gasteiger partial charge on any atom is 0.428 e. The molecular formula is C4H7N3O2. The predicted molar refractivity (Wildman–Crippen MR) is 30.3 cm³/mol. The molecule has 0 fully saturated rings. The van der Waals surface area contributed by atoms with Crippen LogP contribution in [0.5, 0.6) is 0 Å². The third-order valence-corrected chi connectivity index (χ3v) is 0.479. The molecule has 2 N–H and O–H groups in total. The number of nitrogens with one attached hydrogen (secondary N) is 2. The van der Waals surface area contributed by atoms with Gasteiger partial charge in [0.2, 0.25) is 0 Å². The minimum absolute atomic E-state index is 0.291. The van der Waals surface area contributed by atoms with E-state index in [0.717, 1.165) is 0 Å². The van der Waals surface area contributed by atoms with Crippen molar-refractivity contribution < 1.29 is 9.53 Å². The Morgan fingerprint density at radius 1 is 2.00 bits per heavy atom. The van der Waals surface area contributed by atoms with E-state index in [4.69, 9.17) is 5.41 Å². The number of rotatable bonds is 2. The first-order chi connectivity index (χ1) is 4.31. The zero-order valence-electron chi connectivity index (χ0n) is 4.97. The third kappa shape index (κ3) is 4.50. The highest BCUT2D eigenvalue weighted by molar-refractivity contribution is 5.67. The first kappa shape index (κ1) is 7.65. The molecule has 9 heavy (non-hydrogen) atoms. The fraction of sp³-hybridized carbons (Fsp3) is 0.500. The lowest BCUT2D eigenvalue weighted by Gasteiger charge is -1.95. The van der Waals surface area contributed by atoms with E-state index in [1.807, 2.05) is 5.43 Å². The van der Waals surface area contributed by atoms with Crippen LogP contribution in [-0.2, 0) is 4.74 Å². The van der Waals surface area contributed by atoms with Crippen molar-refractivity contribution in [1.29, 1.82) is 5.41 Å². The first-order valence-corrected chi connectivity index (χ1v) is 2.35. The average Bonchev–Trinajstić information content (AvgIpc) is 1.85. The summed E-state index contributed by atoms with van der Waals surface area (Å²) in [4.78, 5) is 10.3. The molecule has 5 nitrogen and oxygen atoms in total. The van der Waals surface area contributed by atoms with Gasteiger partial charge in [0.25, 0.3) is 0 Å².